The monoisotopic (exact) mass is 237 g/mol. The van der Waals surface area contributed by atoms with E-state index in [0.717, 1.165) is 28.7 Å². The Bertz CT molecular complexity index is 604. The van der Waals surface area contributed by atoms with Gasteiger partial charge in [-0.2, -0.15) is 0 Å². The predicted octanol–water partition coefficient (Wildman–Crippen LogP) is 2.52. The molecule has 2 aromatic rings. The van der Waals surface area contributed by atoms with Gasteiger partial charge in [-0.1, -0.05) is 48.5 Å². The van der Waals surface area contributed by atoms with E-state index in [0.29, 0.717) is 6.54 Å². The molecule has 0 saturated heterocycles. The van der Waals surface area contributed by atoms with Gasteiger partial charge in [-0.3, -0.25) is 4.79 Å². The van der Waals surface area contributed by atoms with Crippen LogP contribution < -0.4 is 5.73 Å². The average Bonchev–Trinajstić information content (AvgIpc) is 2.55. The molecule has 3 rings (SSSR count). The molecule has 1 atom stereocenters. The number of fused-ring (bicyclic) bond motifs is 2. The summed E-state index contributed by atoms with van der Waals surface area (Å²) in [5.41, 5.74) is 9.69. The highest BCUT2D eigenvalue weighted by Gasteiger charge is 2.25. The largest absolute Gasteiger partial charge is 0.330 e. The number of rotatable bonds is 1. The Morgan fingerprint density at radius 1 is 1.00 bits per heavy atom. The molecular weight excluding hydrogens is 222 g/mol. The van der Waals surface area contributed by atoms with Crippen LogP contribution in [0.3, 0.4) is 0 Å². The third-order valence-electron chi connectivity index (χ3n) is 3.66. The molecule has 0 aromatic heterocycles. The van der Waals surface area contributed by atoms with Crippen molar-refractivity contribution in [1.29, 1.82) is 0 Å². The minimum Gasteiger partial charge on any atom is -0.330 e. The molecule has 1 aliphatic rings. The van der Waals surface area contributed by atoms with Gasteiger partial charge in [0.05, 0.1) is 0 Å². The molecule has 2 N–H and O–H groups in total. The van der Waals surface area contributed by atoms with Crippen molar-refractivity contribution < 1.29 is 4.79 Å². The lowest BCUT2D eigenvalue weighted by molar-refractivity contribution is 0.103. The topological polar surface area (TPSA) is 43.1 Å². The number of carbonyl (C=O) groups excluding carboxylic acids is 1. The van der Waals surface area contributed by atoms with Gasteiger partial charge in [0.15, 0.2) is 5.78 Å². The van der Waals surface area contributed by atoms with Gasteiger partial charge in [-0.05, 0) is 24.1 Å². The smallest absolute Gasteiger partial charge is 0.193 e. The molecule has 0 unspecified atom stereocenters. The van der Waals surface area contributed by atoms with Crippen LogP contribution in [0.25, 0.3) is 0 Å². The molecule has 0 spiro atoms. The van der Waals surface area contributed by atoms with Crippen molar-refractivity contribution in [2.75, 3.05) is 6.54 Å². The van der Waals surface area contributed by atoms with E-state index < -0.39 is 0 Å². The summed E-state index contributed by atoms with van der Waals surface area (Å²) in [4.78, 5) is 12.5. The number of nitrogens with two attached hydrogens (primary N) is 1. The van der Waals surface area contributed by atoms with Crippen LogP contribution in [-0.4, -0.2) is 12.3 Å². The van der Waals surface area contributed by atoms with Gasteiger partial charge in [0.25, 0.3) is 0 Å². The van der Waals surface area contributed by atoms with Gasteiger partial charge in [-0.25, -0.2) is 0 Å². The van der Waals surface area contributed by atoms with Gasteiger partial charge in [0.1, 0.15) is 0 Å². The first-order valence-electron chi connectivity index (χ1n) is 6.23. The summed E-state index contributed by atoms with van der Waals surface area (Å²) >= 11 is 0. The molecule has 2 nitrogen and oxygen atoms in total. The lowest BCUT2D eigenvalue weighted by atomic mass is 9.91. The Hall–Kier alpha value is -1.93. The van der Waals surface area contributed by atoms with Crippen molar-refractivity contribution in [2.45, 2.75) is 12.3 Å². The third-order valence-corrected chi connectivity index (χ3v) is 3.66. The second kappa shape index (κ2) is 4.39. The van der Waals surface area contributed by atoms with Crippen molar-refractivity contribution in [3.05, 3.63) is 70.8 Å². The SMILES string of the molecule is NC[C@H]1Cc2ccccc2C(=O)c2ccccc21. The van der Waals surface area contributed by atoms with Crippen molar-refractivity contribution in [2.24, 2.45) is 5.73 Å². The van der Waals surface area contributed by atoms with Gasteiger partial charge in [0.2, 0.25) is 0 Å². The van der Waals surface area contributed by atoms with Crippen LogP contribution >= 0.6 is 0 Å². The fraction of sp³-hybridized carbons (Fsp3) is 0.188. The van der Waals surface area contributed by atoms with Gasteiger partial charge < -0.3 is 5.73 Å². The molecule has 1 aliphatic carbocycles. The van der Waals surface area contributed by atoms with Crippen LogP contribution in [-0.2, 0) is 6.42 Å². The maximum atomic E-state index is 12.5. The molecule has 2 heteroatoms. The Morgan fingerprint density at radius 2 is 1.67 bits per heavy atom. The molecule has 90 valence electrons. The van der Waals surface area contributed by atoms with Crippen LogP contribution in [0.4, 0.5) is 0 Å². The Morgan fingerprint density at radius 3 is 2.44 bits per heavy atom. The zero-order valence-corrected chi connectivity index (χ0v) is 10.1. The third kappa shape index (κ3) is 1.66. The number of benzene rings is 2. The zero-order chi connectivity index (χ0) is 12.5. The first-order chi connectivity index (χ1) is 8.81. The zero-order valence-electron chi connectivity index (χ0n) is 10.1. The second-order valence-corrected chi connectivity index (χ2v) is 4.71. The van der Waals surface area contributed by atoms with E-state index in [2.05, 4.69) is 0 Å². The molecule has 18 heavy (non-hydrogen) atoms. The summed E-state index contributed by atoms with van der Waals surface area (Å²) in [7, 11) is 0. The van der Waals surface area contributed by atoms with E-state index >= 15 is 0 Å². The second-order valence-electron chi connectivity index (χ2n) is 4.71. The fourth-order valence-corrected chi connectivity index (χ4v) is 2.71. The van der Waals surface area contributed by atoms with E-state index in [9.17, 15) is 4.79 Å². The Balaban J connectivity index is 2.24. The lowest BCUT2D eigenvalue weighted by Gasteiger charge is -2.14. The van der Waals surface area contributed by atoms with Crippen LogP contribution in [0.15, 0.2) is 48.5 Å². The molecule has 0 aliphatic heterocycles. The summed E-state index contributed by atoms with van der Waals surface area (Å²) < 4.78 is 0. The van der Waals surface area contributed by atoms with Crippen molar-refractivity contribution in [1.82, 2.24) is 0 Å². The molecule has 0 bridgehead atoms. The highest BCUT2D eigenvalue weighted by molar-refractivity contribution is 6.11. The summed E-state index contributed by atoms with van der Waals surface area (Å²) in [6.45, 7) is 0.568. The Kier molecular flexibility index (Phi) is 2.73. The van der Waals surface area contributed by atoms with Crippen LogP contribution in [0, 0.1) is 0 Å². The van der Waals surface area contributed by atoms with Crippen LogP contribution in [0.1, 0.15) is 33.0 Å². The minimum absolute atomic E-state index is 0.122. The normalized spacial score (nSPS) is 17.8. The maximum Gasteiger partial charge on any atom is 0.193 e. The first kappa shape index (κ1) is 11.2. The van der Waals surface area contributed by atoms with Crippen LogP contribution in [0.5, 0.6) is 0 Å². The lowest BCUT2D eigenvalue weighted by Crippen LogP contribution is -2.15. The predicted molar refractivity (Wildman–Crippen MR) is 71.8 cm³/mol. The molecule has 0 amide bonds. The number of carbonyl (C=O) groups is 1. The van der Waals surface area contributed by atoms with E-state index in [1.807, 2.05) is 48.5 Å². The van der Waals surface area contributed by atoms with E-state index in [4.69, 9.17) is 5.73 Å². The summed E-state index contributed by atoms with van der Waals surface area (Å²) in [5, 5.41) is 0. The van der Waals surface area contributed by atoms with Gasteiger partial charge in [0, 0.05) is 17.0 Å². The summed E-state index contributed by atoms with van der Waals surface area (Å²) in [6, 6.07) is 15.7. The van der Waals surface area contributed by atoms with E-state index in [-0.39, 0.29) is 11.7 Å². The molecule has 0 fully saturated rings. The highest BCUT2D eigenvalue weighted by Crippen LogP contribution is 2.31. The quantitative estimate of drug-likeness (QED) is 0.828. The number of hydrogen-bond donors (Lipinski definition) is 1. The molecular formula is C16H15NO. The maximum absolute atomic E-state index is 12.5. The first-order valence-corrected chi connectivity index (χ1v) is 6.23. The fourth-order valence-electron chi connectivity index (χ4n) is 2.71. The van der Waals surface area contributed by atoms with Crippen molar-refractivity contribution >= 4 is 5.78 Å². The summed E-state index contributed by atoms with van der Waals surface area (Å²) in [6.07, 6.45) is 0.843. The molecule has 0 heterocycles. The average molecular weight is 237 g/mol. The van der Waals surface area contributed by atoms with Crippen LogP contribution in [0.2, 0.25) is 0 Å². The van der Waals surface area contributed by atoms with E-state index in [1.165, 1.54) is 0 Å². The van der Waals surface area contributed by atoms with E-state index in [1.54, 1.807) is 0 Å². The molecule has 0 radical (unpaired) electrons. The molecule has 0 saturated carbocycles. The summed E-state index contributed by atoms with van der Waals surface area (Å²) in [5.74, 6) is 0.353. The molecule has 2 aromatic carbocycles. The van der Waals surface area contributed by atoms with Crippen molar-refractivity contribution in [3.63, 3.8) is 0 Å². The highest BCUT2D eigenvalue weighted by atomic mass is 16.1. The van der Waals surface area contributed by atoms with Crippen molar-refractivity contribution in [3.8, 4) is 0 Å². The van der Waals surface area contributed by atoms with Gasteiger partial charge in [-0.15, -0.1) is 0 Å². The number of ketones is 1. The number of hydrogen-bond acceptors (Lipinski definition) is 2. The minimum atomic E-state index is 0.122. The van der Waals surface area contributed by atoms with Gasteiger partial charge >= 0.3 is 0 Å². The standard InChI is InChI=1S/C16H15NO/c17-10-12-9-11-5-1-2-7-14(11)16(18)15-8-4-3-6-13(12)15/h1-8,12H,9-10,17H2/t12-/m1/s1. The Labute approximate surface area is 106 Å².